The number of ether oxygens (including phenoxy) is 3. The van der Waals surface area contributed by atoms with Gasteiger partial charge in [-0.25, -0.2) is 4.68 Å². The Balaban J connectivity index is 1.65. The number of benzene rings is 3. The van der Waals surface area contributed by atoms with E-state index in [1.54, 1.807) is 31.0 Å². The predicted molar refractivity (Wildman–Crippen MR) is 130 cm³/mol. The summed E-state index contributed by atoms with van der Waals surface area (Å²) in [5.74, 6) is 1.15. The van der Waals surface area contributed by atoms with Crippen LogP contribution in [0.15, 0.2) is 72.8 Å². The third-order valence-electron chi connectivity index (χ3n) is 5.12. The maximum absolute atomic E-state index is 12.7. The number of nitrogens with zero attached hydrogens (tertiary/aromatic N) is 3. The van der Waals surface area contributed by atoms with Crippen molar-refractivity contribution in [2.45, 2.75) is 6.92 Å². The second-order valence-corrected chi connectivity index (χ2v) is 7.57. The number of aromatic nitrogens is 3. The molecule has 0 spiro atoms. The van der Waals surface area contributed by atoms with E-state index in [1.807, 2.05) is 67.6 Å². The summed E-state index contributed by atoms with van der Waals surface area (Å²) in [5, 5.41) is 7.49. The number of rotatable bonds is 9. The van der Waals surface area contributed by atoms with E-state index in [9.17, 15) is 4.79 Å². The first-order valence-corrected chi connectivity index (χ1v) is 10.8. The number of anilines is 1. The van der Waals surface area contributed by atoms with Crippen molar-refractivity contribution >= 4 is 11.6 Å². The molecule has 1 aromatic heterocycles. The Morgan fingerprint density at radius 1 is 0.971 bits per heavy atom. The highest BCUT2D eigenvalue weighted by atomic mass is 16.5. The molecule has 0 unspecified atom stereocenters. The average molecular weight is 459 g/mol. The minimum absolute atomic E-state index is 0.185. The van der Waals surface area contributed by atoms with E-state index < -0.39 is 0 Å². The number of methoxy groups -OCH3 is 2. The molecule has 4 rings (SSSR count). The summed E-state index contributed by atoms with van der Waals surface area (Å²) in [6, 6.07) is 22.6. The van der Waals surface area contributed by atoms with Crippen LogP contribution >= 0.6 is 0 Å². The maximum Gasteiger partial charge on any atom is 0.336 e. The Kier molecular flexibility index (Phi) is 7.19. The highest BCUT2D eigenvalue weighted by Crippen LogP contribution is 2.26. The zero-order valence-corrected chi connectivity index (χ0v) is 19.3. The maximum atomic E-state index is 12.7. The summed E-state index contributed by atoms with van der Waals surface area (Å²) >= 11 is 0. The fraction of sp³-hybridized carbons (Fsp3) is 0.192. The van der Waals surface area contributed by atoms with Crippen molar-refractivity contribution < 1.29 is 19.0 Å². The quantitative estimate of drug-likeness (QED) is 0.371. The molecule has 0 aliphatic heterocycles. The lowest BCUT2D eigenvalue weighted by Gasteiger charge is -2.10. The van der Waals surface area contributed by atoms with Crippen molar-refractivity contribution in [1.29, 1.82) is 0 Å². The molecule has 0 radical (unpaired) electrons. The minimum Gasteiger partial charge on any atom is -0.497 e. The number of hydrogen-bond donors (Lipinski definition) is 1. The predicted octanol–water partition coefficient (Wildman–Crippen LogP) is 4.53. The van der Waals surface area contributed by atoms with Crippen molar-refractivity contribution in [2.24, 2.45) is 0 Å². The van der Waals surface area contributed by atoms with Crippen molar-refractivity contribution in [3.63, 3.8) is 0 Å². The molecular weight excluding hydrogens is 432 g/mol. The van der Waals surface area contributed by atoms with Crippen LogP contribution in [-0.4, -0.2) is 48.1 Å². The molecule has 0 aliphatic rings. The molecule has 1 heterocycles. The van der Waals surface area contributed by atoms with Crippen molar-refractivity contribution in [3.8, 4) is 28.8 Å². The highest BCUT2D eigenvalue weighted by molar-refractivity contribution is 6.04. The van der Waals surface area contributed by atoms with Gasteiger partial charge in [0.25, 0.3) is 5.91 Å². The zero-order chi connectivity index (χ0) is 23.9. The van der Waals surface area contributed by atoms with Gasteiger partial charge in [0, 0.05) is 23.9 Å². The van der Waals surface area contributed by atoms with Crippen molar-refractivity contribution in [2.75, 3.05) is 32.8 Å². The first-order chi connectivity index (χ1) is 16.6. The average Bonchev–Trinajstić information content (AvgIpc) is 3.29. The molecule has 8 nitrogen and oxygen atoms in total. The Hall–Kier alpha value is -4.17. The summed E-state index contributed by atoms with van der Waals surface area (Å²) in [5.41, 5.74) is 3.88. The van der Waals surface area contributed by atoms with Crippen molar-refractivity contribution in [1.82, 2.24) is 14.8 Å². The van der Waals surface area contributed by atoms with Gasteiger partial charge in [0.15, 0.2) is 5.82 Å². The molecule has 1 N–H and O–H groups in total. The number of carbonyl (C=O) groups excluding carboxylic acids is 1. The van der Waals surface area contributed by atoms with Crippen molar-refractivity contribution in [3.05, 3.63) is 83.9 Å². The summed E-state index contributed by atoms with van der Waals surface area (Å²) in [6.07, 6.45) is 0. The molecule has 0 atom stereocenters. The second kappa shape index (κ2) is 10.6. The zero-order valence-electron chi connectivity index (χ0n) is 19.3. The van der Waals surface area contributed by atoms with E-state index in [1.165, 1.54) is 0 Å². The number of aryl methyl sites for hydroxylation is 1. The van der Waals surface area contributed by atoms with Gasteiger partial charge in [-0.3, -0.25) is 4.79 Å². The van der Waals surface area contributed by atoms with Crippen LogP contribution in [0.4, 0.5) is 5.69 Å². The van der Waals surface area contributed by atoms with Crippen LogP contribution in [0.3, 0.4) is 0 Å². The van der Waals surface area contributed by atoms with Gasteiger partial charge in [0.05, 0.1) is 19.4 Å². The van der Waals surface area contributed by atoms with Crippen LogP contribution in [-0.2, 0) is 4.74 Å². The summed E-state index contributed by atoms with van der Waals surface area (Å²) in [7, 11) is 3.23. The normalized spacial score (nSPS) is 10.7. The molecule has 3 aromatic carbocycles. The number of nitrogens with one attached hydrogen (secondary N) is 1. The van der Waals surface area contributed by atoms with E-state index in [4.69, 9.17) is 14.2 Å². The van der Waals surface area contributed by atoms with E-state index in [-0.39, 0.29) is 11.9 Å². The van der Waals surface area contributed by atoms with Crippen LogP contribution in [0.2, 0.25) is 0 Å². The van der Waals surface area contributed by atoms with E-state index in [2.05, 4.69) is 15.4 Å². The Morgan fingerprint density at radius 3 is 2.44 bits per heavy atom. The molecule has 0 fully saturated rings. The van der Waals surface area contributed by atoms with Gasteiger partial charge in [0.1, 0.15) is 12.4 Å². The fourth-order valence-corrected chi connectivity index (χ4v) is 3.30. The SMILES string of the molecule is COCCOc1nc(-c2ccc(OC)cc2)n(-c2cccc(NC(=O)c3ccc(C)cc3)c2)n1. The van der Waals surface area contributed by atoms with Gasteiger partial charge in [0.2, 0.25) is 0 Å². The van der Waals surface area contributed by atoms with Crippen LogP contribution < -0.4 is 14.8 Å². The molecule has 34 heavy (non-hydrogen) atoms. The van der Waals surface area contributed by atoms with E-state index >= 15 is 0 Å². The molecule has 0 saturated carbocycles. The number of carbonyl (C=O) groups is 1. The number of hydrogen-bond acceptors (Lipinski definition) is 6. The Morgan fingerprint density at radius 2 is 1.74 bits per heavy atom. The minimum atomic E-state index is -0.185. The van der Waals surface area contributed by atoms with Gasteiger partial charge < -0.3 is 19.5 Å². The summed E-state index contributed by atoms with van der Waals surface area (Å²) < 4.78 is 17.7. The molecule has 1 amide bonds. The van der Waals surface area contributed by atoms with Crippen LogP contribution in [0.5, 0.6) is 11.8 Å². The lowest BCUT2D eigenvalue weighted by atomic mass is 10.1. The van der Waals surface area contributed by atoms with Gasteiger partial charge in [-0.1, -0.05) is 23.8 Å². The lowest BCUT2D eigenvalue weighted by molar-refractivity contribution is 0.102. The standard InChI is InChI=1S/C26H26N4O4/c1-18-7-9-20(10-8-18)25(31)27-21-5-4-6-22(17-21)30-24(19-11-13-23(33-3)14-12-19)28-26(29-30)34-16-15-32-2/h4-14,17H,15-16H2,1-3H3,(H,27,31). The molecule has 174 valence electrons. The highest BCUT2D eigenvalue weighted by Gasteiger charge is 2.16. The first-order valence-electron chi connectivity index (χ1n) is 10.8. The van der Waals surface area contributed by atoms with Gasteiger partial charge in [-0.05, 0) is 61.5 Å². The molecule has 0 aliphatic carbocycles. The first kappa shape index (κ1) is 23.0. The second-order valence-electron chi connectivity index (χ2n) is 7.57. The van der Waals surface area contributed by atoms with Crippen LogP contribution in [0, 0.1) is 6.92 Å². The molecule has 4 aromatic rings. The monoisotopic (exact) mass is 458 g/mol. The molecule has 8 heteroatoms. The van der Waals surface area contributed by atoms with Crippen LogP contribution in [0.25, 0.3) is 17.1 Å². The molecule has 0 saturated heterocycles. The summed E-state index contributed by atoms with van der Waals surface area (Å²) in [4.78, 5) is 17.3. The van der Waals surface area contributed by atoms with Crippen LogP contribution in [0.1, 0.15) is 15.9 Å². The Labute approximate surface area is 198 Å². The van der Waals surface area contributed by atoms with Gasteiger partial charge >= 0.3 is 6.01 Å². The largest absolute Gasteiger partial charge is 0.497 e. The lowest BCUT2D eigenvalue weighted by Crippen LogP contribution is -2.12. The fourth-order valence-electron chi connectivity index (χ4n) is 3.30. The molecular formula is C26H26N4O4. The number of amides is 1. The van der Waals surface area contributed by atoms with E-state index in [0.29, 0.717) is 30.3 Å². The topological polar surface area (TPSA) is 87.5 Å². The molecule has 0 bridgehead atoms. The third kappa shape index (κ3) is 5.41. The van der Waals surface area contributed by atoms with E-state index in [0.717, 1.165) is 22.6 Å². The van der Waals surface area contributed by atoms with Gasteiger partial charge in [-0.15, -0.1) is 5.10 Å². The summed E-state index contributed by atoms with van der Waals surface area (Å²) in [6.45, 7) is 2.74. The van der Waals surface area contributed by atoms with Gasteiger partial charge in [-0.2, -0.15) is 4.98 Å². The smallest absolute Gasteiger partial charge is 0.336 e. The Bertz CT molecular complexity index is 1250. The third-order valence-corrected chi connectivity index (χ3v) is 5.12.